The van der Waals surface area contributed by atoms with Gasteiger partial charge in [-0.05, 0) is 19.6 Å². The van der Waals surface area contributed by atoms with Gasteiger partial charge in [0.25, 0.3) is 0 Å². The van der Waals surface area contributed by atoms with E-state index in [9.17, 15) is 4.79 Å². The van der Waals surface area contributed by atoms with E-state index in [1.807, 2.05) is 7.05 Å². The third kappa shape index (κ3) is 5.37. The van der Waals surface area contributed by atoms with Gasteiger partial charge in [-0.2, -0.15) is 11.8 Å². The van der Waals surface area contributed by atoms with E-state index >= 15 is 0 Å². The molecule has 0 aliphatic rings. The van der Waals surface area contributed by atoms with Crippen molar-refractivity contribution in [2.45, 2.75) is 32.7 Å². The van der Waals surface area contributed by atoms with E-state index in [1.165, 1.54) is 0 Å². The van der Waals surface area contributed by atoms with Crippen molar-refractivity contribution in [3.05, 3.63) is 0 Å². The quantitative estimate of drug-likeness (QED) is 0.693. The molecular formula is C10H22N2OS. The van der Waals surface area contributed by atoms with Gasteiger partial charge in [-0.25, -0.2) is 4.79 Å². The summed E-state index contributed by atoms with van der Waals surface area (Å²) in [6, 6.07) is 0.339. The number of hydrogen-bond donors (Lipinski definition) is 1. The average molecular weight is 218 g/mol. The molecule has 0 radical (unpaired) electrons. The van der Waals surface area contributed by atoms with Crippen molar-refractivity contribution in [2.75, 3.05) is 25.6 Å². The lowest BCUT2D eigenvalue weighted by molar-refractivity contribution is 0.198. The molecule has 0 fully saturated rings. The van der Waals surface area contributed by atoms with Crippen molar-refractivity contribution < 1.29 is 4.79 Å². The Bertz CT molecular complexity index is 164. The summed E-state index contributed by atoms with van der Waals surface area (Å²) in [7, 11) is 1.85. The van der Waals surface area contributed by atoms with Crippen molar-refractivity contribution in [3.63, 3.8) is 0 Å². The topological polar surface area (TPSA) is 32.3 Å². The predicted octanol–water partition coefficient (Wildman–Crippen LogP) is 2.18. The number of amides is 2. The van der Waals surface area contributed by atoms with Gasteiger partial charge in [0.05, 0.1) is 0 Å². The van der Waals surface area contributed by atoms with Crippen molar-refractivity contribution in [1.82, 2.24) is 10.2 Å². The van der Waals surface area contributed by atoms with Gasteiger partial charge in [0.15, 0.2) is 0 Å². The van der Waals surface area contributed by atoms with Crippen molar-refractivity contribution in [2.24, 2.45) is 0 Å². The fourth-order valence-corrected chi connectivity index (χ4v) is 1.76. The van der Waals surface area contributed by atoms with Crippen molar-refractivity contribution in [1.29, 1.82) is 0 Å². The first-order chi connectivity index (χ1) is 6.63. The first-order valence-corrected chi connectivity index (χ1v) is 6.52. The molecule has 0 saturated heterocycles. The molecule has 0 bridgehead atoms. The minimum atomic E-state index is 0.0417. The number of rotatable bonds is 6. The van der Waals surface area contributed by atoms with Gasteiger partial charge in [0, 0.05) is 25.4 Å². The summed E-state index contributed by atoms with van der Waals surface area (Å²) in [5, 5.41) is 2.90. The monoisotopic (exact) mass is 218 g/mol. The normalized spacial score (nSPS) is 12.3. The Labute approximate surface area is 91.6 Å². The lowest BCUT2D eigenvalue weighted by Gasteiger charge is -2.24. The van der Waals surface area contributed by atoms with Crippen LogP contribution in [0.4, 0.5) is 4.79 Å². The third-order valence-corrected chi connectivity index (χ3v) is 3.01. The molecule has 1 atom stereocenters. The molecule has 3 nitrogen and oxygen atoms in total. The number of carbonyl (C=O) groups excluding carboxylic acids is 1. The summed E-state index contributed by atoms with van der Waals surface area (Å²) >= 11 is 1.76. The molecule has 0 saturated carbocycles. The van der Waals surface area contributed by atoms with E-state index in [1.54, 1.807) is 16.7 Å². The molecule has 0 aliphatic heterocycles. The van der Waals surface area contributed by atoms with Crippen molar-refractivity contribution in [3.8, 4) is 0 Å². The zero-order chi connectivity index (χ0) is 11.0. The molecule has 0 aromatic carbocycles. The lowest BCUT2D eigenvalue weighted by atomic mass is 10.3. The van der Waals surface area contributed by atoms with Gasteiger partial charge in [0.2, 0.25) is 0 Å². The van der Waals surface area contributed by atoms with E-state index in [-0.39, 0.29) is 6.03 Å². The number of nitrogens with one attached hydrogen (secondary N) is 1. The summed E-state index contributed by atoms with van der Waals surface area (Å²) in [6.45, 7) is 4.97. The highest BCUT2D eigenvalue weighted by Crippen LogP contribution is 2.03. The molecule has 1 N–H and O–H groups in total. The first-order valence-electron chi connectivity index (χ1n) is 5.13. The summed E-state index contributed by atoms with van der Waals surface area (Å²) < 4.78 is 0. The average Bonchev–Trinajstić information content (AvgIpc) is 2.17. The number of urea groups is 1. The molecule has 4 heteroatoms. The molecule has 2 amide bonds. The number of unbranched alkanes of at least 4 members (excludes halogenated alkanes) is 1. The maximum absolute atomic E-state index is 11.5. The van der Waals surface area contributed by atoms with E-state index in [0.29, 0.717) is 6.04 Å². The second kappa shape index (κ2) is 7.97. The molecular weight excluding hydrogens is 196 g/mol. The van der Waals surface area contributed by atoms with Gasteiger partial charge in [0.1, 0.15) is 0 Å². The predicted molar refractivity (Wildman–Crippen MR) is 63.9 cm³/mol. The fraction of sp³-hybridized carbons (Fsp3) is 0.900. The van der Waals surface area contributed by atoms with Gasteiger partial charge < -0.3 is 10.2 Å². The van der Waals surface area contributed by atoms with Crippen molar-refractivity contribution >= 4 is 17.8 Å². The summed E-state index contributed by atoms with van der Waals surface area (Å²) in [5.41, 5.74) is 0. The Balaban J connectivity index is 3.74. The van der Waals surface area contributed by atoms with E-state index in [4.69, 9.17) is 0 Å². The third-order valence-electron chi connectivity index (χ3n) is 2.20. The maximum Gasteiger partial charge on any atom is 0.317 e. The van der Waals surface area contributed by atoms with Crippen LogP contribution >= 0.6 is 11.8 Å². The SMILES string of the molecule is CCCCNC(=O)N(C)C(C)CSC. The highest BCUT2D eigenvalue weighted by Gasteiger charge is 2.13. The zero-order valence-electron chi connectivity index (χ0n) is 9.67. The molecule has 84 valence electrons. The fourth-order valence-electron chi connectivity index (χ4n) is 1.05. The number of nitrogens with zero attached hydrogens (tertiary/aromatic N) is 1. The Hall–Kier alpha value is -0.380. The van der Waals surface area contributed by atoms with Crippen LogP contribution in [-0.4, -0.2) is 42.6 Å². The zero-order valence-corrected chi connectivity index (χ0v) is 10.5. The molecule has 0 aliphatic carbocycles. The molecule has 0 spiro atoms. The highest BCUT2D eigenvalue weighted by atomic mass is 32.2. The smallest absolute Gasteiger partial charge is 0.317 e. The Morgan fingerprint density at radius 1 is 1.57 bits per heavy atom. The maximum atomic E-state index is 11.5. The van der Waals surface area contributed by atoms with Crippen LogP contribution in [0.15, 0.2) is 0 Å². The van der Waals surface area contributed by atoms with Gasteiger partial charge >= 0.3 is 6.03 Å². The Morgan fingerprint density at radius 2 is 2.21 bits per heavy atom. The Morgan fingerprint density at radius 3 is 2.71 bits per heavy atom. The van der Waals surface area contributed by atoms with Crippen LogP contribution in [-0.2, 0) is 0 Å². The van der Waals surface area contributed by atoms with Gasteiger partial charge in [-0.1, -0.05) is 13.3 Å². The van der Waals surface area contributed by atoms with E-state index in [2.05, 4.69) is 25.4 Å². The molecule has 0 heterocycles. The minimum absolute atomic E-state index is 0.0417. The van der Waals surface area contributed by atoms with Crippen LogP contribution in [0, 0.1) is 0 Å². The molecule has 14 heavy (non-hydrogen) atoms. The van der Waals surface area contributed by atoms with E-state index < -0.39 is 0 Å². The molecule has 0 aromatic heterocycles. The summed E-state index contributed by atoms with van der Waals surface area (Å²) in [6.07, 6.45) is 4.22. The minimum Gasteiger partial charge on any atom is -0.338 e. The van der Waals surface area contributed by atoms with Gasteiger partial charge in [-0.15, -0.1) is 0 Å². The second-order valence-electron chi connectivity index (χ2n) is 3.50. The Kier molecular flexibility index (Phi) is 7.76. The number of hydrogen-bond acceptors (Lipinski definition) is 2. The van der Waals surface area contributed by atoms with Gasteiger partial charge in [-0.3, -0.25) is 0 Å². The van der Waals surface area contributed by atoms with Crippen LogP contribution in [0.25, 0.3) is 0 Å². The summed E-state index contributed by atoms with van der Waals surface area (Å²) in [4.78, 5) is 13.3. The standard InChI is InChI=1S/C10H22N2OS/c1-5-6-7-11-10(13)12(3)9(2)8-14-4/h9H,5-8H2,1-4H3,(H,11,13). The number of carbonyl (C=O) groups is 1. The number of thioether (sulfide) groups is 1. The molecule has 0 aromatic rings. The van der Waals surface area contributed by atoms with Crippen LogP contribution in [0.5, 0.6) is 0 Å². The second-order valence-corrected chi connectivity index (χ2v) is 4.41. The van der Waals surface area contributed by atoms with Crippen LogP contribution < -0.4 is 5.32 Å². The van der Waals surface area contributed by atoms with E-state index in [0.717, 1.165) is 25.1 Å². The lowest BCUT2D eigenvalue weighted by Crippen LogP contribution is -2.43. The highest BCUT2D eigenvalue weighted by molar-refractivity contribution is 7.98. The summed E-state index contributed by atoms with van der Waals surface area (Å²) in [5.74, 6) is 0.984. The molecule has 0 rings (SSSR count). The largest absolute Gasteiger partial charge is 0.338 e. The van der Waals surface area contributed by atoms with Crippen LogP contribution in [0.3, 0.4) is 0 Å². The molecule has 1 unspecified atom stereocenters. The van der Waals surface area contributed by atoms with Crippen LogP contribution in [0.2, 0.25) is 0 Å². The van der Waals surface area contributed by atoms with Crippen LogP contribution in [0.1, 0.15) is 26.7 Å². The first kappa shape index (κ1) is 13.6.